The molecule has 0 radical (unpaired) electrons. The number of methoxy groups -OCH3 is 2. The molecule has 0 unspecified atom stereocenters. The Labute approximate surface area is 220 Å². The number of esters is 1. The molecular formula is C25H20Cl2N2O6S. The number of aromatic nitrogens is 1. The molecule has 0 bridgehead atoms. The van der Waals surface area contributed by atoms with Crippen molar-refractivity contribution < 1.29 is 29.0 Å². The number of aliphatic hydroxyl groups is 1. The van der Waals surface area contributed by atoms with Crippen molar-refractivity contribution in [1.29, 1.82) is 0 Å². The summed E-state index contributed by atoms with van der Waals surface area (Å²) in [6, 6.07) is 8.51. The van der Waals surface area contributed by atoms with Gasteiger partial charge in [-0.1, -0.05) is 40.6 Å². The van der Waals surface area contributed by atoms with E-state index in [4.69, 9.17) is 32.7 Å². The number of nitrogens with zero attached hydrogens (tertiary/aromatic N) is 2. The van der Waals surface area contributed by atoms with E-state index in [2.05, 4.69) is 4.98 Å². The van der Waals surface area contributed by atoms with E-state index in [-0.39, 0.29) is 31.4 Å². The van der Waals surface area contributed by atoms with E-state index >= 15 is 0 Å². The number of amides is 1. The second-order valence-electron chi connectivity index (χ2n) is 7.93. The second-order valence-corrected chi connectivity index (χ2v) is 9.72. The smallest absolute Gasteiger partial charge is 0.350 e. The molecule has 36 heavy (non-hydrogen) atoms. The Kier molecular flexibility index (Phi) is 7.08. The van der Waals surface area contributed by atoms with Crippen LogP contribution in [0.3, 0.4) is 0 Å². The number of hydrogen-bond donors (Lipinski definition) is 1. The highest BCUT2D eigenvalue weighted by Gasteiger charge is 2.48. The Hall–Kier alpha value is -3.40. The standard InChI is InChI=1S/C25H20Cl2N2O6S/c1-11-9-14(34-3)6-7-15(11)20(30)18-19(13-5-8-16(26)17(27)10-13)29(23(32)21(18)31)25-28-12(2)22(36-25)24(33)35-4/h5-10,19,30H,1-4H3/t19-/m0/s1. The number of carbonyl (C=O) groups excluding carboxylic acids is 3. The molecule has 11 heteroatoms. The minimum absolute atomic E-state index is 0.0941. The van der Waals surface area contributed by atoms with Gasteiger partial charge in [-0.25, -0.2) is 9.78 Å². The fourth-order valence-corrected chi connectivity index (χ4v) is 5.29. The lowest BCUT2D eigenvalue weighted by Gasteiger charge is -2.23. The summed E-state index contributed by atoms with van der Waals surface area (Å²) in [5, 5.41) is 11.9. The number of Topliss-reactive ketones (excluding diaryl/α,β-unsaturated/α-hetero) is 1. The minimum Gasteiger partial charge on any atom is -0.507 e. The van der Waals surface area contributed by atoms with Crippen molar-refractivity contribution in [2.45, 2.75) is 19.9 Å². The molecule has 4 rings (SSSR count). The summed E-state index contributed by atoms with van der Waals surface area (Å²) in [4.78, 5) is 44.6. The number of carbonyl (C=O) groups is 3. The Bertz CT molecular complexity index is 1450. The van der Waals surface area contributed by atoms with Crippen molar-refractivity contribution in [2.24, 2.45) is 0 Å². The van der Waals surface area contributed by atoms with Crippen LogP contribution in [-0.2, 0) is 14.3 Å². The Morgan fingerprint density at radius 2 is 1.81 bits per heavy atom. The molecule has 2 heterocycles. The Morgan fingerprint density at radius 3 is 2.42 bits per heavy atom. The molecule has 1 fully saturated rings. The highest BCUT2D eigenvalue weighted by atomic mass is 35.5. The Balaban J connectivity index is 1.97. The van der Waals surface area contributed by atoms with Gasteiger partial charge in [0.1, 0.15) is 16.4 Å². The number of thiazole rings is 1. The zero-order chi connectivity index (χ0) is 26.3. The van der Waals surface area contributed by atoms with Crippen LogP contribution in [0.5, 0.6) is 5.75 Å². The van der Waals surface area contributed by atoms with Crippen LogP contribution in [0.15, 0.2) is 42.0 Å². The highest BCUT2D eigenvalue weighted by Crippen LogP contribution is 2.45. The zero-order valence-electron chi connectivity index (χ0n) is 19.6. The third kappa shape index (κ3) is 4.34. The third-order valence-electron chi connectivity index (χ3n) is 5.75. The molecule has 1 aliphatic heterocycles. The first-order chi connectivity index (χ1) is 17.1. The molecule has 1 atom stereocenters. The van der Waals surface area contributed by atoms with E-state index in [1.54, 1.807) is 38.1 Å². The first kappa shape index (κ1) is 25.7. The van der Waals surface area contributed by atoms with Gasteiger partial charge in [-0.15, -0.1) is 0 Å². The van der Waals surface area contributed by atoms with Crippen molar-refractivity contribution in [2.75, 3.05) is 19.1 Å². The van der Waals surface area contributed by atoms with Gasteiger partial charge < -0.3 is 14.6 Å². The molecule has 8 nitrogen and oxygen atoms in total. The summed E-state index contributed by atoms with van der Waals surface area (Å²) in [6.45, 7) is 3.34. The number of aliphatic hydroxyl groups excluding tert-OH is 1. The maximum atomic E-state index is 13.3. The topological polar surface area (TPSA) is 106 Å². The summed E-state index contributed by atoms with van der Waals surface area (Å²) < 4.78 is 10.0. The van der Waals surface area contributed by atoms with Gasteiger partial charge in [-0.3, -0.25) is 14.5 Å². The second kappa shape index (κ2) is 9.93. The number of aryl methyl sites for hydroxylation is 2. The molecule has 3 aromatic rings. The van der Waals surface area contributed by atoms with Crippen LogP contribution < -0.4 is 9.64 Å². The van der Waals surface area contributed by atoms with Crippen molar-refractivity contribution in [1.82, 2.24) is 4.98 Å². The highest BCUT2D eigenvalue weighted by molar-refractivity contribution is 7.17. The largest absolute Gasteiger partial charge is 0.507 e. The van der Waals surface area contributed by atoms with Crippen LogP contribution in [0.1, 0.15) is 38.1 Å². The summed E-state index contributed by atoms with van der Waals surface area (Å²) in [5.41, 5.74) is 1.58. The molecular weight excluding hydrogens is 527 g/mol. The number of rotatable bonds is 5. The molecule has 0 aliphatic carbocycles. The van der Waals surface area contributed by atoms with Crippen molar-refractivity contribution in [3.05, 3.63) is 79.3 Å². The maximum Gasteiger partial charge on any atom is 0.350 e. The molecule has 2 aromatic carbocycles. The quantitative estimate of drug-likeness (QED) is 0.195. The van der Waals surface area contributed by atoms with E-state index < -0.39 is 23.7 Å². The van der Waals surface area contributed by atoms with Gasteiger partial charge in [0.25, 0.3) is 5.78 Å². The molecule has 0 saturated carbocycles. The Morgan fingerprint density at radius 1 is 1.08 bits per heavy atom. The summed E-state index contributed by atoms with van der Waals surface area (Å²) >= 11 is 13.3. The fraction of sp³-hybridized carbons (Fsp3) is 0.200. The van der Waals surface area contributed by atoms with Gasteiger partial charge in [0.15, 0.2) is 5.13 Å². The molecule has 1 aromatic heterocycles. The number of anilines is 1. The van der Waals surface area contributed by atoms with Crippen molar-refractivity contribution in [3.8, 4) is 5.75 Å². The number of ketones is 1. The first-order valence-electron chi connectivity index (χ1n) is 10.6. The average molecular weight is 547 g/mol. The normalized spacial score (nSPS) is 16.9. The predicted octanol–water partition coefficient (Wildman–Crippen LogP) is 5.49. The zero-order valence-corrected chi connectivity index (χ0v) is 21.9. The SMILES string of the molecule is COC(=O)c1sc(N2C(=O)C(=O)C(=C(O)c3ccc(OC)cc3C)[C@@H]2c2ccc(Cl)c(Cl)c2)nc1C. The average Bonchev–Trinajstić information content (AvgIpc) is 3.36. The van der Waals surface area contributed by atoms with Crippen molar-refractivity contribution >= 4 is 63.1 Å². The number of ether oxygens (including phenoxy) is 2. The molecule has 0 spiro atoms. The molecule has 1 amide bonds. The van der Waals surface area contributed by atoms with E-state index in [1.165, 1.54) is 26.4 Å². The minimum atomic E-state index is -1.09. The van der Waals surface area contributed by atoms with Crippen LogP contribution in [0.4, 0.5) is 5.13 Å². The number of benzene rings is 2. The number of halogens is 2. The number of hydrogen-bond acceptors (Lipinski definition) is 8. The third-order valence-corrected chi connectivity index (χ3v) is 7.63. The van der Waals surface area contributed by atoms with Gasteiger partial charge in [0, 0.05) is 5.56 Å². The van der Waals surface area contributed by atoms with Gasteiger partial charge in [0.05, 0.1) is 41.6 Å². The lowest BCUT2D eigenvalue weighted by atomic mass is 9.94. The predicted molar refractivity (Wildman–Crippen MR) is 137 cm³/mol. The van der Waals surface area contributed by atoms with E-state index in [9.17, 15) is 19.5 Å². The van der Waals surface area contributed by atoms with Crippen LogP contribution in [0, 0.1) is 13.8 Å². The summed E-state index contributed by atoms with van der Waals surface area (Å²) in [7, 11) is 2.75. The molecule has 1 aliphatic rings. The maximum absolute atomic E-state index is 13.3. The molecule has 186 valence electrons. The summed E-state index contributed by atoms with van der Waals surface area (Å²) in [5.74, 6) is -2.24. The first-order valence-corrected chi connectivity index (χ1v) is 12.1. The van der Waals surface area contributed by atoms with Crippen LogP contribution in [0.2, 0.25) is 10.0 Å². The van der Waals surface area contributed by atoms with E-state index in [1.807, 2.05) is 0 Å². The monoisotopic (exact) mass is 546 g/mol. The van der Waals surface area contributed by atoms with Crippen LogP contribution in [0.25, 0.3) is 5.76 Å². The molecule has 1 saturated heterocycles. The van der Waals surface area contributed by atoms with Gasteiger partial charge >= 0.3 is 11.9 Å². The summed E-state index contributed by atoms with van der Waals surface area (Å²) in [6.07, 6.45) is 0. The van der Waals surface area contributed by atoms with Gasteiger partial charge in [-0.05, 0) is 55.3 Å². The fourth-order valence-electron chi connectivity index (χ4n) is 3.97. The lowest BCUT2D eigenvalue weighted by molar-refractivity contribution is -0.132. The van der Waals surface area contributed by atoms with Gasteiger partial charge in [0.2, 0.25) is 0 Å². The van der Waals surface area contributed by atoms with Gasteiger partial charge in [-0.2, -0.15) is 0 Å². The van der Waals surface area contributed by atoms with Crippen molar-refractivity contribution in [3.63, 3.8) is 0 Å². The van der Waals surface area contributed by atoms with Crippen LogP contribution >= 0.6 is 34.5 Å². The lowest BCUT2D eigenvalue weighted by Crippen LogP contribution is -2.29. The van der Waals surface area contributed by atoms with Crippen LogP contribution in [-0.4, -0.2) is 42.0 Å². The van der Waals surface area contributed by atoms with E-state index in [0.29, 0.717) is 28.1 Å². The molecule has 1 N–H and O–H groups in total. The van der Waals surface area contributed by atoms with E-state index in [0.717, 1.165) is 16.2 Å².